The number of alkyl halides is 3. The number of benzene rings is 1. The molecule has 3 N–H and O–H groups in total. The zero-order valence-electron chi connectivity index (χ0n) is 12.6. The molecule has 1 fully saturated rings. The Bertz CT molecular complexity index is 526. The summed E-state index contributed by atoms with van der Waals surface area (Å²) in [5.41, 5.74) is 6.34. The number of guanidine groups is 1. The van der Waals surface area contributed by atoms with E-state index in [-0.39, 0.29) is 12.3 Å². The highest BCUT2D eigenvalue weighted by Crippen LogP contribution is 2.24. The molecule has 1 heterocycles. The smallest absolute Gasteiger partial charge is 0.406 e. The molecule has 1 saturated heterocycles. The Morgan fingerprint density at radius 1 is 1.22 bits per heavy atom. The van der Waals surface area contributed by atoms with Gasteiger partial charge >= 0.3 is 6.36 Å². The maximum atomic E-state index is 12.1. The molecular formula is C15H20F3N3O2. The van der Waals surface area contributed by atoms with E-state index in [0.717, 1.165) is 38.1 Å². The number of aliphatic hydroxyl groups is 1. The van der Waals surface area contributed by atoms with E-state index in [9.17, 15) is 18.3 Å². The summed E-state index contributed by atoms with van der Waals surface area (Å²) in [6, 6.07) is 5.06. The van der Waals surface area contributed by atoms with Crippen LogP contribution < -0.4 is 10.5 Å². The van der Waals surface area contributed by atoms with Gasteiger partial charge in [-0.25, -0.2) is 0 Å². The second-order valence-corrected chi connectivity index (χ2v) is 5.38. The predicted octanol–water partition coefficient (Wildman–Crippen LogP) is 2.42. The third-order valence-electron chi connectivity index (χ3n) is 3.60. The van der Waals surface area contributed by atoms with Gasteiger partial charge in [0.15, 0.2) is 5.96 Å². The Balaban J connectivity index is 1.91. The zero-order valence-corrected chi connectivity index (χ0v) is 12.6. The fourth-order valence-corrected chi connectivity index (χ4v) is 2.40. The number of nitrogens with zero attached hydrogens (tertiary/aromatic N) is 2. The van der Waals surface area contributed by atoms with E-state index in [4.69, 9.17) is 5.73 Å². The zero-order chi connectivity index (χ0) is 16.9. The topological polar surface area (TPSA) is 71.1 Å². The largest absolute Gasteiger partial charge is 0.573 e. The molecule has 1 aromatic rings. The van der Waals surface area contributed by atoms with Gasteiger partial charge in [-0.2, -0.15) is 0 Å². The van der Waals surface area contributed by atoms with E-state index in [2.05, 4.69) is 9.73 Å². The number of halogens is 3. The van der Waals surface area contributed by atoms with Crippen molar-refractivity contribution < 1.29 is 23.0 Å². The summed E-state index contributed by atoms with van der Waals surface area (Å²) in [4.78, 5) is 6.13. The summed E-state index contributed by atoms with van der Waals surface area (Å²) < 4.78 is 40.0. The number of nitrogens with two attached hydrogens (primary N) is 1. The van der Waals surface area contributed by atoms with Gasteiger partial charge in [0.2, 0.25) is 0 Å². The number of hydrogen-bond acceptors (Lipinski definition) is 3. The highest BCUT2D eigenvalue weighted by molar-refractivity contribution is 5.78. The molecule has 1 atom stereocenters. The van der Waals surface area contributed by atoms with Gasteiger partial charge in [0, 0.05) is 13.1 Å². The van der Waals surface area contributed by atoms with Crippen LogP contribution in [-0.4, -0.2) is 42.0 Å². The number of hydrogen-bond donors (Lipinski definition) is 2. The fourth-order valence-electron chi connectivity index (χ4n) is 2.40. The molecule has 23 heavy (non-hydrogen) atoms. The van der Waals surface area contributed by atoms with Crippen LogP contribution in [0.15, 0.2) is 29.3 Å². The number of rotatable bonds is 4. The van der Waals surface area contributed by atoms with Crippen molar-refractivity contribution in [3.63, 3.8) is 0 Å². The minimum Gasteiger partial charge on any atom is -0.406 e. The van der Waals surface area contributed by atoms with Crippen LogP contribution in [0.1, 0.15) is 30.9 Å². The van der Waals surface area contributed by atoms with Crippen LogP contribution in [0.5, 0.6) is 5.75 Å². The van der Waals surface area contributed by atoms with Crippen LogP contribution in [0, 0.1) is 0 Å². The number of ether oxygens (including phenoxy) is 1. The standard InChI is InChI=1S/C15H20F3N3O2/c16-15(17,18)23-12-6-4-11(5-7-12)13(22)10-20-14(19)21-8-2-1-3-9-21/h4-7,13,22H,1-3,8-10H2,(H2,19,20). The molecule has 8 heteroatoms. The molecule has 0 radical (unpaired) electrons. The van der Waals surface area contributed by atoms with Crippen molar-refractivity contribution in [2.75, 3.05) is 19.6 Å². The lowest BCUT2D eigenvalue weighted by Gasteiger charge is -2.27. The molecule has 1 aromatic carbocycles. The monoisotopic (exact) mass is 331 g/mol. The summed E-state index contributed by atoms with van der Waals surface area (Å²) in [5.74, 6) is 0.0607. The van der Waals surface area contributed by atoms with E-state index in [1.165, 1.54) is 18.6 Å². The van der Waals surface area contributed by atoms with E-state index in [1.807, 2.05) is 4.90 Å². The molecule has 0 amide bonds. The molecule has 1 aliphatic heterocycles. The highest BCUT2D eigenvalue weighted by Gasteiger charge is 2.31. The summed E-state index contributed by atoms with van der Waals surface area (Å²) >= 11 is 0. The van der Waals surface area contributed by atoms with Gasteiger partial charge in [-0.1, -0.05) is 12.1 Å². The average molecular weight is 331 g/mol. The molecule has 0 saturated carbocycles. The first-order valence-corrected chi connectivity index (χ1v) is 7.44. The van der Waals surface area contributed by atoms with Crippen LogP contribution in [0.3, 0.4) is 0 Å². The van der Waals surface area contributed by atoms with Crippen molar-refractivity contribution in [1.82, 2.24) is 4.90 Å². The molecular weight excluding hydrogens is 311 g/mol. The number of aliphatic imine (C=N–C) groups is 1. The molecule has 0 aliphatic carbocycles. The lowest BCUT2D eigenvalue weighted by Crippen LogP contribution is -2.41. The van der Waals surface area contributed by atoms with Crippen molar-refractivity contribution in [2.45, 2.75) is 31.7 Å². The number of piperidine rings is 1. The van der Waals surface area contributed by atoms with Gasteiger partial charge in [-0.05, 0) is 37.0 Å². The van der Waals surface area contributed by atoms with Crippen LogP contribution in [0.2, 0.25) is 0 Å². The molecule has 0 spiro atoms. The molecule has 2 rings (SSSR count). The molecule has 1 unspecified atom stereocenters. The highest BCUT2D eigenvalue weighted by atomic mass is 19.4. The van der Waals surface area contributed by atoms with Crippen molar-refractivity contribution in [3.8, 4) is 5.75 Å². The van der Waals surface area contributed by atoms with E-state index >= 15 is 0 Å². The Kier molecular flexibility index (Phi) is 5.70. The maximum Gasteiger partial charge on any atom is 0.573 e. The van der Waals surface area contributed by atoms with Gasteiger partial charge in [-0.3, -0.25) is 4.99 Å². The lowest BCUT2D eigenvalue weighted by molar-refractivity contribution is -0.274. The van der Waals surface area contributed by atoms with Crippen LogP contribution in [0.25, 0.3) is 0 Å². The van der Waals surface area contributed by atoms with Crippen LogP contribution in [-0.2, 0) is 0 Å². The Labute approximate surface area is 132 Å². The van der Waals surface area contributed by atoms with Gasteiger partial charge in [-0.15, -0.1) is 13.2 Å². The van der Waals surface area contributed by atoms with Crippen molar-refractivity contribution in [3.05, 3.63) is 29.8 Å². The second kappa shape index (κ2) is 7.54. The first-order chi connectivity index (χ1) is 10.8. The summed E-state index contributed by atoms with van der Waals surface area (Å²) in [5, 5.41) is 10.0. The average Bonchev–Trinajstić information content (AvgIpc) is 2.52. The first-order valence-electron chi connectivity index (χ1n) is 7.44. The summed E-state index contributed by atoms with van der Waals surface area (Å²) in [6.07, 6.45) is -2.34. The molecule has 128 valence electrons. The van der Waals surface area contributed by atoms with E-state index < -0.39 is 12.5 Å². The molecule has 0 bridgehead atoms. The normalized spacial score (nSPS) is 17.9. The Hall–Kier alpha value is -1.96. The van der Waals surface area contributed by atoms with Crippen molar-refractivity contribution in [2.24, 2.45) is 10.7 Å². The summed E-state index contributed by atoms with van der Waals surface area (Å²) in [6.45, 7) is 1.77. The fraction of sp³-hybridized carbons (Fsp3) is 0.533. The summed E-state index contributed by atoms with van der Waals surface area (Å²) in [7, 11) is 0. The van der Waals surface area contributed by atoms with Gasteiger partial charge in [0.1, 0.15) is 5.75 Å². The van der Waals surface area contributed by atoms with Gasteiger partial charge in [0.05, 0.1) is 12.6 Å². The molecule has 0 aromatic heterocycles. The SMILES string of the molecule is NC(=NCC(O)c1ccc(OC(F)(F)F)cc1)N1CCCCC1. The van der Waals surface area contributed by atoms with E-state index in [0.29, 0.717) is 11.5 Å². The number of likely N-dealkylation sites (tertiary alicyclic amines) is 1. The maximum absolute atomic E-state index is 12.1. The number of aliphatic hydroxyl groups excluding tert-OH is 1. The molecule has 5 nitrogen and oxygen atoms in total. The second-order valence-electron chi connectivity index (χ2n) is 5.38. The van der Waals surface area contributed by atoms with Crippen LogP contribution >= 0.6 is 0 Å². The molecule has 1 aliphatic rings. The lowest BCUT2D eigenvalue weighted by atomic mass is 10.1. The van der Waals surface area contributed by atoms with Gasteiger partial charge < -0.3 is 20.5 Å². The minimum atomic E-state index is -4.73. The van der Waals surface area contributed by atoms with E-state index in [1.54, 1.807) is 0 Å². The van der Waals surface area contributed by atoms with Crippen molar-refractivity contribution in [1.29, 1.82) is 0 Å². The third-order valence-corrected chi connectivity index (χ3v) is 3.60. The van der Waals surface area contributed by atoms with Crippen molar-refractivity contribution >= 4 is 5.96 Å². The third kappa shape index (κ3) is 5.63. The minimum absolute atomic E-state index is 0.0573. The van der Waals surface area contributed by atoms with Crippen LogP contribution in [0.4, 0.5) is 13.2 Å². The Morgan fingerprint density at radius 3 is 2.39 bits per heavy atom. The van der Waals surface area contributed by atoms with Gasteiger partial charge in [0.25, 0.3) is 0 Å². The Morgan fingerprint density at radius 2 is 1.83 bits per heavy atom. The first kappa shape index (κ1) is 17.4. The quantitative estimate of drug-likeness (QED) is 0.657. The predicted molar refractivity (Wildman–Crippen MR) is 80.0 cm³/mol.